The minimum Gasteiger partial charge on any atom is -0.491 e. The molecule has 1 fully saturated rings. The fourth-order valence-corrected chi connectivity index (χ4v) is 3.32. The number of rotatable bonds is 9. The summed E-state index contributed by atoms with van der Waals surface area (Å²) in [4.78, 5) is 25.0. The van der Waals surface area contributed by atoms with Crippen LogP contribution in [0.5, 0.6) is 5.75 Å². The van der Waals surface area contributed by atoms with E-state index in [0.29, 0.717) is 25.1 Å². The molecule has 0 spiro atoms. The van der Waals surface area contributed by atoms with Crippen molar-refractivity contribution in [1.82, 2.24) is 4.90 Å². The van der Waals surface area contributed by atoms with Gasteiger partial charge in [0, 0.05) is 13.0 Å². The number of benzene rings is 2. The van der Waals surface area contributed by atoms with Crippen LogP contribution in [-0.4, -0.2) is 52.3 Å². The van der Waals surface area contributed by atoms with Crippen LogP contribution >= 0.6 is 0 Å². The topological polar surface area (TPSA) is 87.1 Å². The molecule has 152 valence electrons. The summed E-state index contributed by atoms with van der Waals surface area (Å²) in [5.41, 5.74) is 1.23. The van der Waals surface area contributed by atoms with Gasteiger partial charge >= 0.3 is 5.97 Å². The van der Waals surface area contributed by atoms with Crippen molar-refractivity contribution < 1.29 is 24.5 Å². The molecule has 6 heteroatoms. The van der Waals surface area contributed by atoms with Gasteiger partial charge in [0.2, 0.25) is 5.91 Å². The van der Waals surface area contributed by atoms with Crippen LogP contribution in [0.2, 0.25) is 0 Å². The second-order valence-corrected chi connectivity index (χ2v) is 7.02. The molecule has 1 amide bonds. The molecule has 2 aromatic rings. The zero-order chi connectivity index (χ0) is 20.6. The van der Waals surface area contributed by atoms with Crippen LogP contribution < -0.4 is 4.74 Å². The van der Waals surface area contributed by atoms with Crippen molar-refractivity contribution in [3.63, 3.8) is 0 Å². The summed E-state index contributed by atoms with van der Waals surface area (Å²) in [6.07, 6.45) is 4.66. The average Bonchev–Trinajstić information content (AvgIpc) is 3.09. The van der Waals surface area contributed by atoms with E-state index in [0.717, 1.165) is 12.0 Å². The predicted octanol–water partition coefficient (Wildman–Crippen LogP) is 2.91. The van der Waals surface area contributed by atoms with Crippen molar-refractivity contribution in [3.05, 3.63) is 77.9 Å². The van der Waals surface area contributed by atoms with Crippen LogP contribution in [0.25, 0.3) is 0 Å². The van der Waals surface area contributed by atoms with E-state index in [4.69, 9.17) is 9.84 Å². The van der Waals surface area contributed by atoms with Crippen molar-refractivity contribution in [3.8, 4) is 5.75 Å². The molecule has 0 aromatic heterocycles. The van der Waals surface area contributed by atoms with Crippen molar-refractivity contribution in [1.29, 1.82) is 0 Å². The SMILES string of the molecule is O=C(O)c1ccc(CCN2C(=O)CC[C@@H]2C=C[C@@H](O)COc2ccccc2)cc1. The quantitative estimate of drug-likeness (QED) is 0.638. The standard InChI is InChI=1S/C23H25NO5/c25-20(16-29-21-4-2-1-3-5-21)12-10-19-11-13-22(26)24(19)15-14-17-6-8-18(9-7-17)23(27)28/h1-10,12,19-20,25H,11,13-16H2,(H,27,28)/t19-,20+/m0/s1. The fraction of sp³-hybridized carbons (Fsp3) is 0.304. The highest BCUT2D eigenvalue weighted by Crippen LogP contribution is 2.21. The Morgan fingerprint density at radius 2 is 1.90 bits per heavy atom. The number of carboxylic acid groups (broad SMARTS) is 1. The van der Waals surface area contributed by atoms with Gasteiger partial charge in [0.25, 0.3) is 0 Å². The van der Waals surface area contributed by atoms with E-state index in [-0.39, 0.29) is 24.1 Å². The van der Waals surface area contributed by atoms with Gasteiger partial charge in [-0.05, 0) is 42.7 Å². The van der Waals surface area contributed by atoms with E-state index < -0.39 is 12.1 Å². The number of carbonyl (C=O) groups excluding carboxylic acids is 1. The molecule has 1 aliphatic heterocycles. The monoisotopic (exact) mass is 395 g/mol. The van der Waals surface area contributed by atoms with E-state index in [1.165, 1.54) is 0 Å². The van der Waals surface area contributed by atoms with Gasteiger partial charge < -0.3 is 19.8 Å². The summed E-state index contributed by atoms with van der Waals surface area (Å²) < 4.78 is 5.54. The van der Waals surface area contributed by atoms with E-state index in [1.54, 1.807) is 30.3 Å². The predicted molar refractivity (Wildman–Crippen MR) is 109 cm³/mol. The first-order valence-electron chi connectivity index (χ1n) is 9.69. The Morgan fingerprint density at radius 3 is 2.59 bits per heavy atom. The molecule has 0 radical (unpaired) electrons. The van der Waals surface area contributed by atoms with Gasteiger partial charge in [-0.2, -0.15) is 0 Å². The van der Waals surface area contributed by atoms with E-state index >= 15 is 0 Å². The minimum atomic E-state index is -0.953. The number of aliphatic hydroxyl groups is 1. The van der Waals surface area contributed by atoms with E-state index in [2.05, 4.69) is 0 Å². The Bertz CT molecular complexity index is 847. The molecule has 0 saturated carbocycles. The number of likely N-dealkylation sites (tertiary alicyclic amines) is 1. The number of aromatic carboxylic acids is 1. The number of hydrogen-bond donors (Lipinski definition) is 2. The third-order valence-electron chi connectivity index (χ3n) is 4.94. The molecule has 2 N–H and O–H groups in total. The Morgan fingerprint density at radius 1 is 1.17 bits per heavy atom. The number of ether oxygens (including phenoxy) is 1. The maximum absolute atomic E-state index is 12.2. The molecule has 6 nitrogen and oxygen atoms in total. The summed E-state index contributed by atoms with van der Waals surface area (Å²) in [7, 11) is 0. The van der Waals surface area contributed by atoms with E-state index in [1.807, 2.05) is 41.3 Å². The number of aliphatic hydroxyl groups excluding tert-OH is 1. The van der Waals surface area contributed by atoms with Crippen molar-refractivity contribution in [2.24, 2.45) is 0 Å². The van der Waals surface area contributed by atoms with Gasteiger partial charge in [0.1, 0.15) is 18.5 Å². The molecule has 2 aromatic carbocycles. The molecule has 0 bridgehead atoms. The highest BCUT2D eigenvalue weighted by Gasteiger charge is 2.28. The fourth-order valence-electron chi connectivity index (χ4n) is 3.32. The zero-order valence-corrected chi connectivity index (χ0v) is 16.1. The third-order valence-corrected chi connectivity index (χ3v) is 4.94. The van der Waals surface area contributed by atoms with Crippen LogP contribution in [0, 0.1) is 0 Å². The minimum absolute atomic E-state index is 0.0489. The normalized spacial score (nSPS) is 17.6. The molecule has 29 heavy (non-hydrogen) atoms. The molecule has 1 saturated heterocycles. The summed E-state index contributed by atoms with van der Waals surface area (Å²) in [6, 6.07) is 16.0. The third kappa shape index (κ3) is 5.93. The Hall–Kier alpha value is -3.12. The molecule has 0 unspecified atom stereocenters. The van der Waals surface area contributed by atoms with Gasteiger partial charge in [0.05, 0.1) is 11.6 Å². The zero-order valence-electron chi connectivity index (χ0n) is 16.1. The lowest BCUT2D eigenvalue weighted by Gasteiger charge is -2.23. The maximum Gasteiger partial charge on any atom is 0.335 e. The van der Waals surface area contributed by atoms with Crippen LogP contribution in [-0.2, 0) is 11.2 Å². The summed E-state index contributed by atoms with van der Waals surface area (Å²) in [5, 5.41) is 19.1. The number of para-hydroxylation sites is 1. The number of carboxylic acids is 1. The number of nitrogens with zero attached hydrogens (tertiary/aromatic N) is 1. The molecule has 2 atom stereocenters. The molecular formula is C23H25NO5. The van der Waals surface area contributed by atoms with Crippen LogP contribution in [0.1, 0.15) is 28.8 Å². The lowest BCUT2D eigenvalue weighted by Crippen LogP contribution is -2.34. The Labute approximate surface area is 170 Å². The first-order chi connectivity index (χ1) is 14.0. The highest BCUT2D eigenvalue weighted by molar-refractivity contribution is 5.87. The van der Waals surface area contributed by atoms with Crippen molar-refractivity contribution >= 4 is 11.9 Å². The van der Waals surface area contributed by atoms with Gasteiger partial charge in [-0.3, -0.25) is 4.79 Å². The maximum atomic E-state index is 12.2. The first kappa shape index (κ1) is 20.6. The summed E-state index contributed by atoms with van der Waals surface area (Å²) in [5.74, 6) is -0.158. The molecule has 0 aliphatic carbocycles. The van der Waals surface area contributed by atoms with Gasteiger partial charge in [-0.25, -0.2) is 4.79 Å². The van der Waals surface area contributed by atoms with Gasteiger partial charge in [0.15, 0.2) is 0 Å². The Kier molecular flexibility index (Phi) is 7.03. The smallest absolute Gasteiger partial charge is 0.335 e. The van der Waals surface area contributed by atoms with Crippen LogP contribution in [0.3, 0.4) is 0 Å². The number of amides is 1. The Balaban J connectivity index is 1.51. The summed E-state index contributed by atoms with van der Waals surface area (Å²) in [6.45, 7) is 0.702. The highest BCUT2D eigenvalue weighted by atomic mass is 16.5. The molecular weight excluding hydrogens is 370 g/mol. The first-order valence-corrected chi connectivity index (χ1v) is 9.69. The van der Waals surface area contributed by atoms with Crippen molar-refractivity contribution in [2.45, 2.75) is 31.4 Å². The molecule has 3 rings (SSSR count). The number of carbonyl (C=O) groups is 2. The van der Waals surface area contributed by atoms with Gasteiger partial charge in [-0.1, -0.05) is 42.5 Å². The molecule has 1 heterocycles. The van der Waals surface area contributed by atoms with E-state index in [9.17, 15) is 14.7 Å². The second kappa shape index (κ2) is 9.89. The van der Waals surface area contributed by atoms with Gasteiger partial charge in [-0.15, -0.1) is 0 Å². The second-order valence-electron chi connectivity index (χ2n) is 7.02. The lowest BCUT2D eigenvalue weighted by molar-refractivity contribution is -0.128. The number of hydrogen-bond acceptors (Lipinski definition) is 4. The summed E-state index contributed by atoms with van der Waals surface area (Å²) >= 11 is 0. The lowest BCUT2D eigenvalue weighted by atomic mass is 10.1. The van der Waals surface area contributed by atoms with Crippen molar-refractivity contribution in [2.75, 3.05) is 13.2 Å². The average molecular weight is 395 g/mol. The van der Waals surface area contributed by atoms with Crippen LogP contribution in [0.4, 0.5) is 0 Å². The largest absolute Gasteiger partial charge is 0.491 e. The van der Waals surface area contributed by atoms with Crippen LogP contribution in [0.15, 0.2) is 66.7 Å². The molecule has 1 aliphatic rings.